The summed E-state index contributed by atoms with van der Waals surface area (Å²) in [5.74, 6) is -1.90. The smallest absolute Gasteiger partial charge is 0.478 e. The molecule has 0 amide bonds. The molecular formula is C13H9F3N2O3. The van der Waals surface area contributed by atoms with E-state index >= 15 is 0 Å². The third-order valence-electron chi connectivity index (χ3n) is 2.56. The summed E-state index contributed by atoms with van der Waals surface area (Å²) < 4.78 is 41.1. The fraction of sp³-hybridized carbons (Fsp3) is 0.0769. The number of halogens is 3. The Bertz CT molecular complexity index is 687. The van der Waals surface area contributed by atoms with Crippen LogP contribution in [0.3, 0.4) is 0 Å². The highest BCUT2D eigenvalue weighted by Crippen LogP contribution is 2.35. The van der Waals surface area contributed by atoms with Gasteiger partial charge in [-0.2, -0.15) is 0 Å². The number of nitrogen functional groups attached to an aromatic ring is 1. The van der Waals surface area contributed by atoms with Crippen LogP contribution < -0.4 is 10.5 Å². The lowest BCUT2D eigenvalue weighted by Gasteiger charge is -2.14. The molecule has 0 spiro atoms. The maximum absolute atomic E-state index is 12.4. The summed E-state index contributed by atoms with van der Waals surface area (Å²) in [4.78, 5) is 14.9. The number of pyridine rings is 1. The second-order valence-electron chi connectivity index (χ2n) is 4.00. The minimum atomic E-state index is -4.89. The standard InChI is InChI=1S/C13H9F3N2O3/c14-13(15,16)21-10-4-2-1-3-7(10)9-6-18-11(17)5-8(9)12(19)20/h1-6H,(H2,17,18)(H,19,20). The molecule has 2 rings (SSSR count). The van der Waals surface area contributed by atoms with Gasteiger partial charge < -0.3 is 15.6 Å². The predicted octanol–water partition coefficient (Wildman–Crippen LogP) is 2.93. The first-order valence-electron chi connectivity index (χ1n) is 5.62. The zero-order chi connectivity index (χ0) is 15.6. The molecule has 0 radical (unpaired) electrons. The van der Waals surface area contributed by atoms with Crippen molar-refractivity contribution in [3.63, 3.8) is 0 Å². The highest BCUT2D eigenvalue weighted by atomic mass is 19.4. The topological polar surface area (TPSA) is 85.4 Å². The lowest BCUT2D eigenvalue weighted by atomic mass is 10.0. The minimum absolute atomic E-state index is 0.0171. The first-order valence-corrected chi connectivity index (χ1v) is 5.62. The van der Waals surface area contributed by atoms with Crippen LogP contribution in [-0.2, 0) is 0 Å². The van der Waals surface area contributed by atoms with E-state index in [0.29, 0.717) is 0 Å². The number of rotatable bonds is 3. The van der Waals surface area contributed by atoms with Crippen LogP contribution in [0.15, 0.2) is 36.5 Å². The number of aromatic nitrogens is 1. The Morgan fingerprint density at radius 2 is 1.90 bits per heavy atom. The van der Waals surface area contributed by atoms with Gasteiger partial charge in [0.1, 0.15) is 11.6 Å². The number of benzene rings is 1. The summed E-state index contributed by atoms with van der Waals surface area (Å²) in [5, 5.41) is 9.13. The zero-order valence-electron chi connectivity index (χ0n) is 10.4. The molecule has 2 aromatic rings. The summed E-state index contributed by atoms with van der Waals surface area (Å²) >= 11 is 0. The first-order chi connectivity index (χ1) is 9.78. The molecule has 0 aliphatic rings. The van der Waals surface area contributed by atoms with Crippen LogP contribution >= 0.6 is 0 Å². The fourth-order valence-corrected chi connectivity index (χ4v) is 1.77. The molecule has 0 aliphatic heterocycles. The number of para-hydroxylation sites is 1. The van der Waals surface area contributed by atoms with Crippen LogP contribution in [0.2, 0.25) is 0 Å². The molecule has 0 unspecified atom stereocenters. The van der Waals surface area contributed by atoms with Gasteiger partial charge in [-0.1, -0.05) is 18.2 Å². The van der Waals surface area contributed by atoms with Gasteiger partial charge in [0.25, 0.3) is 0 Å². The Hall–Kier alpha value is -2.77. The van der Waals surface area contributed by atoms with Gasteiger partial charge in [-0.15, -0.1) is 13.2 Å². The molecule has 8 heteroatoms. The number of hydrogen-bond donors (Lipinski definition) is 2. The zero-order valence-corrected chi connectivity index (χ0v) is 10.4. The number of nitrogens with two attached hydrogens (primary N) is 1. The quantitative estimate of drug-likeness (QED) is 0.910. The van der Waals surface area contributed by atoms with E-state index in [1.54, 1.807) is 0 Å². The molecule has 0 atom stereocenters. The number of carboxylic acids is 1. The molecule has 0 bridgehead atoms. The second-order valence-corrected chi connectivity index (χ2v) is 4.00. The van der Waals surface area contributed by atoms with Crippen molar-refractivity contribution in [2.45, 2.75) is 6.36 Å². The number of nitrogens with zero attached hydrogens (tertiary/aromatic N) is 1. The minimum Gasteiger partial charge on any atom is -0.478 e. The molecular weight excluding hydrogens is 289 g/mol. The number of carbonyl (C=O) groups is 1. The molecule has 0 aliphatic carbocycles. The average Bonchev–Trinajstić information content (AvgIpc) is 2.37. The molecule has 21 heavy (non-hydrogen) atoms. The molecule has 0 saturated carbocycles. The second kappa shape index (κ2) is 5.31. The summed E-state index contributed by atoms with van der Waals surface area (Å²) in [6.07, 6.45) is -3.79. The van der Waals surface area contributed by atoms with Crippen LogP contribution in [-0.4, -0.2) is 22.4 Å². The molecule has 1 aromatic carbocycles. The van der Waals surface area contributed by atoms with E-state index in [4.69, 9.17) is 10.8 Å². The van der Waals surface area contributed by atoms with Crippen molar-refractivity contribution in [3.05, 3.63) is 42.1 Å². The summed E-state index contributed by atoms with van der Waals surface area (Å²) in [6, 6.07) is 6.27. The number of ether oxygens (including phenoxy) is 1. The van der Waals surface area contributed by atoms with Gasteiger partial charge in [0.15, 0.2) is 0 Å². The number of hydrogen-bond acceptors (Lipinski definition) is 4. The number of anilines is 1. The maximum Gasteiger partial charge on any atom is 0.573 e. The third-order valence-corrected chi connectivity index (χ3v) is 2.56. The Balaban J connectivity index is 2.60. The monoisotopic (exact) mass is 298 g/mol. The normalized spacial score (nSPS) is 11.2. The van der Waals surface area contributed by atoms with E-state index in [1.165, 1.54) is 18.2 Å². The van der Waals surface area contributed by atoms with Crippen molar-refractivity contribution in [1.82, 2.24) is 4.98 Å². The van der Waals surface area contributed by atoms with E-state index in [-0.39, 0.29) is 22.5 Å². The Morgan fingerprint density at radius 3 is 2.52 bits per heavy atom. The van der Waals surface area contributed by atoms with Crippen LogP contribution in [0.25, 0.3) is 11.1 Å². The molecule has 3 N–H and O–H groups in total. The SMILES string of the molecule is Nc1cc(C(=O)O)c(-c2ccccc2OC(F)(F)F)cn1. The third kappa shape index (κ3) is 3.41. The van der Waals surface area contributed by atoms with Crippen molar-refractivity contribution in [1.29, 1.82) is 0 Å². The van der Waals surface area contributed by atoms with E-state index < -0.39 is 18.1 Å². The van der Waals surface area contributed by atoms with Crippen molar-refractivity contribution in [2.24, 2.45) is 0 Å². The van der Waals surface area contributed by atoms with Crippen molar-refractivity contribution in [3.8, 4) is 16.9 Å². The van der Waals surface area contributed by atoms with E-state index in [9.17, 15) is 18.0 Å². The highest BCUT2D eigenvalue weighted by molar-refractivity contribution is 5.97. The summed E-state index contributed by atoms with van der Waals surface area (Å²) in [5.41, 5.74) is 5.08. The molecule has 0 fully saturated rings. The average molecular weight is 298 g/mol. The van der Waals surface area contributed by atoms with Gasteiger partial charge in [-0.3, -0.25) is 0 Å². The predicted molar refractivity (Wildman–Crippen MR) is 67.7 cm³/mol. The van der Waals surface area contributed by atoms with Gasteiger partial charge in [0.2, 0.25) is 0 Å². The molecule has 0 saturated heterocycles. The Kier molecular flexibility index (Phi) is 3.70. The lowest BCUT2D eigenvalue weighted by molar-refractivity contribution is -0.274. The first kappa shape index (κ1) is 14.6. The van der Waals surface area contributed by atoms with Gasteiger partial charge in [-0.05, 0) is 12.1 Å². The number of aromatic carboxylic acids is 1. The summed E-state index contributed by atoms with van der Waals surface area (Å²) in [6.45, 7) is 0. The number of carboxylic acid groups (broad SMARTS) is 1. The largest absolute Gasteiger partial charge is 0.573 e. The van der Waals surface area contributed by atoms with Crippen molar-refractivity contribution < 1.29 is 27.8 Å². The van der Waals surface area contributed by atoms with Crippen molar-refractivity contribution >= 4 is 11.8 Å². The lowest BCUT2D eigenvalue weighted by Crippen LogP contribution is -2.17. The highest BCUT2D eigenvalue weighted by Gasteiger charge is 2.32. The van der Waals surface area contributed by atoms with Crippen LogP contribution in [0, 0.1) is 0 Å². The van der Waals surface area contributed by atoms with Crippen LogP contribution in [0.5, 0.6) is 5.75 Å². The molecule has 1 heterocycles. The summed E-state index contributed by atoms with van der Waals surface area (Å²) in [7, 11) is 0. The van der Waals surface area contributed by atoms with E-state index in [2.05, 4.69) is 9.72 Å². The van der Waals surface area contributed by atoms with Gasteiger partial charge in [-0.25, -0.2) is 9.78 Å². The van der Waals surface area contributed by atoms with Gasteiger partial charge in [0.05, 0.1) is 5.56 Å². The molecule has 5 nitrogen and oxygen atoms in total. The maximum atomic E-state index is 12.4. The van der Waals surface area contributed by atoms with Crippen molar-refractivity contribution in [2.75, 3.05) is 5.73 Å². The van der Waals surface area contributed by atoms with Gasteiger partial charge >= 0.3 is 12.3 Å². The Morgan fingerprint density at radius 1 is 1.24 bits per heavy atom. The Labute approximate surface area is 116 Å². The van der Waals surface area contributed by atoms with E-state index in [1.807, 2.05) is 0 Å². The molecule has 110 valence electrons. The fourth-order valence-electron chi connectivity index (χ4n) is 1.77. The van der Waals surface area contributed by atoms with E-state index in [0.717, 1.165) is 18.3 Å². The van der Waals surface area contributed by atoms with Crippen LogP contribution in [0.1, 0.15) is 10.4 Å². The molecule has 1 aromatic heterocycles. The van der Waals surface area contributed by atoms with Gasteiger partial charge in [0, 0.05) is 17.3 Å². The number of alkyl halides is 3. The van der Waals surface area contributed by atoms with Crippen LogP contribution in [0.4, 0.5) is 19.0 Å².